The highest BCUT2D eigenvalue weighted by atomic mass is 16.4. The lowest BCUT2D eigenvalue weighted by atomic mass is 10.2. The van der Waals surface area contributed by atoms with Gasteiger partial charge in [-0.2, -0.15) is 0 Å². The number of nitrogens with one attached hydrogen (secondary N) is 1. The molecule has 6 heteroatoms. The lowest BCUT2D eigenvalue weighted by molar-refractivity contribution is 0.0697. The number of pyridine rings is 1. The fourth-order valence-corrected chi connectivity index (χ4v) is 1.75. The van der Waals surface area contributed by atoms with Crippen LogP contribution in [-0.2, 0) is 6.54 Å². The summed E-state index contributed by atoms with van der Waals surface area (Å²) in [5.74, 6) is -0.999. The number of aromatic carboxylic acids is 1. The van der Waals surface area contributed by atoms with Crippen molar-refractivity contribution in [3.8, 4) is 0 Å². The number of amides is 2. The van der Waals surface area contributed by atoms with Crippen LogP contribution >= 0.6 is 0 Å². The minimum atomic E-state index is -0.999. The molecule has 1 aromatic heterocycles. The minimum absolute atomic E-state index is 0.178. The van der Waals surface area contributed by atoms with Gasteiger partial charge in [-0.1, -0.05) is 6.07 Å². The highest BCUT2D eigenvalue weighted by molar-refractivity contribution is 5.91. The summed E-state index contributed by atoms with van der Waals surface area (Å²) >= 11 is 0. The van der Waals surface area contributed by atoms with E-state index >= 15 is 0 Å². The minimum Gasteiger partial charge on any atom is -0.478 e. The number of carbonyl (C=O) groups excluding carboxylic acids is 1. The maximum absolute atomic E-state index is 12.0. The highest BCUT2D eigenvalue weighted by Gasteiger charge is 2.10. The van der Waals surface area contributed by atoms with E-state index in [2.05, 4.69) is 10.3 Å². The fraction of sp³-hybridized carbons (Fsp3) is 0.133. The van der Waals surface area contributed by atoms with Crippen LogP contribution in [0.2, 0.25) is 0 Å². The zero-order valence-corrected chi connectivity index (χ0v) is 11.5. The third-order valence-electron chi connectivity index (χ3n) is 2.87. The van der Waals surface area contributed by atoms with E-state index in [4.69, 9.17) is 5.11 Å². The lowest BCUT2D eigenvalue weighted by Gasteiger charge is -2.17. The molecule has 0 unspecified atom stereocenters. The van der Waals surface area contributed by atoms with E-state index in [0.717, 1.165) is 5.56 Å². The molecule has 2 N–H and O–H groups in total. The van der Waals surface area contributed by atoms with Gasteiger partial charge in [-0.25, -0.2) is 9.59 Å². The van der Waals surface area contributed by atoms with Crippen LogP contribution in [0.5, 0.6) is 0 Å². The molecule has 0 bridgehead atoms. The second-order valence-electron chi connectivity index (χ2n) is 4.53. The Kier molecular flexibility index (Phi) is 4.50. The molecule has 1 aromatic carbocycles. The Labute approximate surface area is 122 Å². The van der Waals surface area contributed by atoms with Crippen LogP contribution < -0.4 is 5.32 Å². The number of aromatic nitrogens is 1. The average Bonchev–Trinajstić information content (AvgIpc) is 2.48. The van der Waals surface area contributed by atoms with Gasteiger partial charge in [-0.3, -0.25) is 4.98 Å². The van der Waals surface area contributed by atoms with Crippen LogP contribution in [0, 0.1) is 0 Å². The SMILES string of the molecule is CN(Cc1cccnc1)C(=O)Nc1ccc(C(=O)O)cc1. The lowest BCUT2D eigenvalue weighted by Crippen LogP contribution is -2.30. The van der Waals surface area contributed by atoms with E-state index in [0.29, 0.717) is 12.2 Å². The standard InChI is InChI=1S/C15H15N3O3/c1-18(10-11-3-2-8-16-9-11)15(21)17-13-6-4-12(5-7-13)14(19)20/h2-9H,10H2,1H3,(H,17,21)(H,19,20). The first-order valence-electron chi connectivity index (χ1n) is 6.30. The monoisotopic (exact) mass is 285 g/mol. The molecule has 0 saturated heterocycles. The number of hydrogen-bond acceptors (Lipinski definition) is 3. The zero-order chi connectivity index (χ0) is 15.2. The topological polar surface area (TPSA) is 82.5 Å². The maximum Gasteiger partial charge on any atom is 0.335 e. The first-order chi connectivity index (χ1) is 10.1. The Morgan fingerprint density at radius 3 is 2.52 bits per heavy atom. The first-order valence-corrected chi connectivity index (χ1v) is 6.30. The first kappa shape index (κ1) is 14.5. The Bertz CT molecular complexity index is 626. The average molecular weight is 285 g/mol. The smallest absolute Gasteiger partial charge is 0.335 e. The van der Waals surface area contributed by atoms with Gasteiger partial charge in [0, 0.05) is 31.7 Å². The molecule has 0 atom stereocenters. The van der Waals surface area contributed by atoms with Gasteiger partial charge in [0.2, 0.25) is 0 Å². The van der Waals surface area contributed by atoms with Crippen molar-refractivity contribution in [1.82, 2.24) is 9.88 Å². The summed E-state index contributed by atoms with van der Waals surface area (Å²) in [6.45, 7) is 0.437. The number of nitrogens with zero attached hydrogens (tertiary/aromatic N) is 2. The molecule has 0 aliphatic heterocycles. The zero-order valence-electron chi connectivity index (χ0n) is 11.5. The number of carboxylic acids is 1. The Morgan fingerprint density at radius 1 is 1.24 bits per heavy atom. The van der Waals surface area contributed by atoms with Crippen molar-refractivity contribution in [3.05, 3.63) is 59.9 Å². The molecule has 0 fully saturated rings. The van der Waals surface area contributed by atoms with Crippen molar-refractivity contribution in [2.75, 3.05) is 12.4 Å². The van der Waals surface area contributed by atoms with E-state index in [1.165, 1.54) is 17.0 Å². The van der Waals surface area contributed by atoms with Crippen LogP contribution in [-0.4, -0.2) is 34.0 Å². The number of anilines is 1. The molecule has 2 rings (SSSR count). The molecule has 0 aliphatic carbocycles. The quantitative estimate of drug-likeness (QED) is 0.904. The molecular formula is C15H15N3O3. The number of rotatable bonds is 4. The van der Waals surface area contributed by atoms with E-state index < -0.39 is 5.97 Å². The summed E-state index contributed by atoms with van der Waals surface area (Å²) in [4.78, 5) is 28.3. The molecule has 0 aliphatic rings. The number of hydrogen-bond donors (Lipinski definition) is 2. The van der Waals surface area contributed by atoms with Crippen LogP contribution in [0.25, 0.3) is 0 Å². The van der Waals surface area contributed by atoms with Gasteiger partial charge >= 0.3 is 12.0 Å². The molecule has 2 amide bonds. The summed E-state index contributed by atoms with van der Waals surface area (Å²) in [6.07, 6.45) is 3.37. The maximum atomic E-state index is 12.0. The van der Waals surface area contributed by atoms with Gasteiger partial charge in [0.25, 0.3) is 0 Å². The Balaban J connectivity index is 1.95. The second-order valence-corrected chi connectivity index (χ2v) is 4.53. The fourth-order valence-electron chi connectivity index (χ4n) is 1.75. The number of benzene rings is 1. The Hall–Kier alpha value is -2.89. The number of carbonyl (C=O) groups is 2. The van der Waals surface area contributed by atoms with Crippen LogP contribution in [0.4, 0.5) is 10.5 Å². The van der Waals surface area contributed by atoms with Gasteiger partial charge < -0.3 is 15.3 Å². The number of carboxylic acid groups (broad SMARTS) is 1. The van der Waals surface area contributed by atoms with E-state index in [9.17, 15) is 9.59 Å². The summed E-state index contributed by atoms with van der Waals surface area (Å²) in [5.41, 5.74) is 1.65. The summed E-state index contributed by atoms with van der Waals surface area (Å²) in [7, 11) is 1.67. The third-order valence-corrected chi connectivity index (χ3v) is 2.87. The van der Waals surface area contributed by atoms with Crippen molar-refractivity contribution in [1.29, 1.82) is 0 Å². The van der Waals surface area contributed by atoms with Gasteiger partial charge in [0.05, 0.1) is 5.56 Å². The summed E-state index contributed by atoms with van der Waals surface area (Å²) < 4.78 is 0. The molecule has 1 heterocycles. The predicted molar refractivity (Wildman–Crippen MR) is 78.1 cm³/mol. The van der Waals surface area contributed by atoms with E-state index in [-0.39, 0.29) is 11.6 Å². The largest absolute Gasteiger partial charge is 0.478 e. The van der Waals surface area contributed by atoms with Crippen LogP contribution in [0.15, 0.2) is 48.8 Å². The van der Waals surface area contributed by atoms with Crippen molar-refractivity contribution >= 4 is 17.7 Å². The van der Waals surface area contributed by atoms with Gasteiger partial charge in [-0.15, -0.1) is 0 Å². The number of urea groups is 1. The van der Waals surface area contributed by atoms with Crippen LogP contribution in [0.1, 0.15) is 15.9 Å². The third kappa shape index (κ3) is 4.04. The van der Waals surface area contributed by atoms with Crippen molar-refractivity contribution < 1.29 is 14.7 Å². The molecule has 0 spiro atoms. The Morgan fingerprint density at radius 2 is 1.95 bits per heavy atom. The van der Waals surface area contributed by atoms with Crippen molar-refractivity contribution in [2.24, 2.45) is 0 Å². The van der Waals surface area contributed by atoms with Crippen molar-refractivity contribution in [2.45, 2.75) is 6.54 Å². The van der Waals surface area contributed by atoms with Gasteiger partial charge in [0.15, 0.2) is 0 Å². The van der Waals surface area contributed by atoms with Crippen molar-refractivity contribution in [3.63, 3.8) is 0 Å². The predicted octanol–water partition coefficient (Wildman–Crippen LogP) is 2.44. The molecule has 0 saturated carbocycles. The molecule has 2 aromatic rings. The molecule has 108 valence electrons. The molecular weight excluding hydrogens is 270 g/mol. The van der Waals surface area contributed by atoms with E-state index in [1.54, 1.807) is 31.6 Å². The van der Waals surface area contributed by atoms with Crippen LogP contribution in [0.3, 0.4) is 0 Å². The summed E-state index contributed by atoms with van der Waals surface area (Å²) in [6, 6.07) is 9.42. The van der Waals surface area contributed by atoms with E-state index in [1.807, 2.05) is 12.1 Å². The molecule has 21 heavy (non-hydrogen) atoms. The molecule has 0 radical (unpaired) electrons. The normalized spacial score (nSPS) is 9.95. The van der Waals surface area contributed by atoms with Gasteiger partial charge in [0.1, 0.15) is 0 Å². The van der Waals surface area contributed by atoms with Gasteiger partial charge in [-0.05, 0) is 35.9 Å². The highest BCUT2D eigenvalue weighted by Crippen LogP contribution is 2.11. The second kappa shape index (κ2) is 6.51. The molecule has 6 nitrogen and oxygen atoms in total. The summed E-state index contributed by atoms with van der Waals surface area (Å²) in [5, 5.41) is 11.5.